The number of likely N-dealkylation sites (N-methyl/N-ethyl adjacent to an activating group) is 1. The van der Waals surface area contributed by atoms with Crippen molar-refractivity contribution in [3.05, 3.63) is 53.7 Å². The Hall–Kier alpha value is -2.23. The Bertz CT molecular complexity index is 792. The third-order valence-corrected chi connectivity index (χ3v) is 5.41. The summed E-state index contributed by atoms with van der Waals surface area (Å²) in [6.45, 7) is 2.73. The van der Waals surface area contributed by atoms with Crippen molar-refractivity contribution in [2.45, 2.75) is 28.9 Å². The second-order valence-electron chi connectivity index (χ2n) is 6.73. The van der Waals surface area contributed by atoms with Gasteiger partial charge in [0.1, 0.15) is 6.04 Å². The first-order chi connectivity index (χ1) is 12.9. The van der Waals surface area contributed by atoms with Gasteiger partial charge in [0.25, 0.3) is 0 Å². The highest BCUT2D eigenvalue weighted by molar-refractivity contribution is 7.99. The Labute approximate surface area is 165 Å². The summed E-state index contributed by atoms with van der Waals surface area (Å²) in [6.07, 6.45) is -5.08. The maximum Gasteiger partial charge on any atom is 0.490 e. The average Bonchev–Trinajstić information content (AvgIpc) is 2.60. The number of quaternary nitrogens is 1. The monoisotopic (exact) mass is 414 g/mol. The van der Waals surface area contributed by atoms with Gasteiger partial charge in [-0.05, 0) is 31.2 Å². The molecule has 0 aromatic heterocycles. The lowest BCUT2D eigenvalue weighted by Gasteiger charge is -2.43. The molecule has 0 saturated carbocycles. The van der Waals surface area contributed by atoms with Crippen LogP contribution in [0.25, 0.3) is 0 Å². The lowest BCUT2D eigenvalue weighted by atomic mass is 10.2. The molecule has 1 aliphatic rings. The third kappa shape index (κ3) is 5.40. The third-order valence-electron chi connectivity index (χ3n) is 4.28. The quantitative estimate of drug-likeness (QED) is 0.573. The maximum atomic E-state index is 12.2. The smallest absolute Gasteiger partial charge is 0.490 e. The van der Waals surface area contributed by atoms with Gasteiger partial charge in [0.2, 0.25) is 0 Å². The van der Waals surface area contributed by atoms with Crippen molar-refractivity contribution >= 4 is 29.1 Å². The van der Waals surface area contributed by atoms with Crippen molar-refractivity contribution in [3.8, 4) is 0 Å². The number of carbonyl (C=O) groups is 1. The van der Waals surface area contributed by atoms with Crippen LogP contribution in [0, 0.1) is 5.21 Å². The van der Waals surface area contributed by atoms with Gasteiger partial charge in [-0.15, -0.1) is 0 Å². The summed E-state index contributed by atoms with van der Waals surface area (Å²) in [5.41, 5.74) is 2.39. The summed E-state index contributed by atoms with van der Waals surface area (Å²) in [5, 5.41) is 19.3. The second-order valence-corrected chi connectivity index (χ2v) is 7.82. The fraction of sp³-hybridized carbons (Fsp3) is 0.316. The van der Waals surface area contributed by atoms with Gasteiger partial charge in [-0.2, -0.15) is 13.2 Å². The first-order valence-corrected chi connectivity index (χ1v) is 9.21. The van der Waals surface area contributed by atoms with Crippen LogP contribution < -0.4 is 4.90 Å². The largest absolute Gasteiger partial charge is 0.633 e. The highest BCUT2D eigenvalue weighted by Gasteiger charge is 2.38. The number of para-hydroxylation sites is 2. The summed E-state index contributed by atoms with van der Waals surface area (Å²) in [7, 11) is 3.42. The summed E-state index contributed by atoms with van der Waals surface area (Å²) < 4.78 is 31.5. The summed E-state index contributed by atoms with van der Waals surface area (Å²) in [4.78, 5) is 13.7. The van der Waals surface area contributed by atoms with Crippen LogP contribution in [-0.2, 0) is 4.79 Å². The van der Waals surface area contributed by atoms with Gasteiger partial charge in [0.05, 0.1) is 32.0 Å². The number of fused-ring (bicyclic) bond motifs is 2. The first kappa shape index (κ1) is 22.1. The van der Waals surface area contributed by atoms with Crippen molar-refractivity contribution in [3.63, 3.8) is 0 Å². The number of nitrogens with zero attached hydrogens (tertiary/aromatic N) is 2. The average molecular weight is 414 g/mol. The Balaban J connectivity index is 0.000000345. The van der Waals surface area contributed by atoms with E-state index in [9.17, 15) is 18.4 Å². The molecule has 0 radical (unpaired) electrons. The first-order valence-electron chi connectivity index (χ1n) is 8.39. The lowest BCUT2D eigenvalue weighted by molar-refractivity contribution is -0.862. The number of alkyl halides is 3. The van der Waals surface area contributed by atoms with E-state index in [1.54, 1.807) is 25.9 Å². The summed E-state index contributed by atoms with van der Waals surface area (Å²) in [5.74, 6) is -2.76. The predicted molar refractivity (Wildman–Crippen MR) is 103 cm³/mol. The van der Waals surface area contributed by atoms with Crippen LogP contribution >= 0.6 is 11.8 Å². The molecule has 1 N–H and O–H groups in total. The molecule has 9 heteroatoms. The molecular weight excluding hydrogens is 393 g/mol. The number of hydrogen-bond acceptors (Lipinski definition) is 4. The van der Waals surface area contributed by atoms with E-state index in [1.807, 2.05) is 6.92 Å². The minimum absolute atomic E-state index is 0.00536. The van der Waals surface area contributed by atoms with Crippen molar-refractivity contribution in [1.82, 2.24) is 0 Å². The molecule has 0 aliphatic carbocycles. The molecule has 5 nitrogen and oxygen atoms in total. The van der Waals surface area contributed by atoms with E-state index < -0.39 is 12.1 Å². The molecule has 0 saturated heterocycles. The van der Waals surface area contributed by atoms with Crippen molar-refractivity contribution in [2.24, 2.45) is 0 Å². The zero-order valence-electron chi connectivity index (χ0n) is 15.6. The minimum atomic E-state index is -5.08. The van der Waals surface area contributed by atoms with Crippen LogP contribution in [0.1, 0.15) is 6.92 Å². The van der Waals surface area contributed by atoms with E-state index in [-0.39, 0.29) is 10.7 Å². The number of benzene rings is 2. The molecule has 2 aromatic carbocycles. The second kappa shape index (κ2) is 8.42. The predicted octanol–water partition coefficient (Wildman–Crippen LogP) is 4.89. The fourth-order valence-corrected chi connectivity index (χ4v) is 3.53. The number of carboxylic acid groups (broad SMARTS) is 1. The van der Waals surface area contributed by atoms with Gasteiger partial charge in [-0.25, -0.2) is 4.79 Å². The van der Waals surface area contributed by atoms with Crippen LogP contribution in [0.2, 0.25) is 0 Å². The van der Waals surface area contributed by atoms with E-state index >= 15 is 0 Å². The Morgan fingerprint density at radius 2 is 1.50 bits per heavy atom. The molecule has 0 bridgehead atoms. The number of rotatable bonds is 3. The Morgan fingerprint density at radius 3 is 1.86 bits per heavy atom. The number of aliphatic carboxylic acids is 1. The van der Waals surface area contributed by atoms with Crippen LogP contribution in [0.3, 0.4) is 0 Å². The SMILES string of the molecule is CC(CN1c2ccccc2Sc2ccccc21)[N+](C)(C)[O-].O=C(O)C(F)(F)F. The molecule has 0 spiro atoms. The van der Waals surface area contributed by atoms with Crippen molar-refractivity contribution in [2.75, 3.05) is 25.5 Å². The molecule has 1 atom stereocenters. The highest BCUT2D eigenvalue weighted by atomic mass is 32.2. The van der Waals surface area contributed by atoms with E-state index in [2.05, 4.69) is 53.4 Å². The molecule has 0 fully saturated rings. The highest BCUT2D eigenvalue weighted by Crippen LogP contribution is 2.47. The Kier molecular flexibility index (Phi) is 6.63. The number of anilines is 2. The van der Waals surface area contributed by atoms with E-state index in [1.165, 1.54) is 21.2 Å². The molecule has 0 amide bonds. The standard InChI is InChI=1S/C17H20N2OS.C2HF3O2/c1-13(19(2,3)20)12-18-14-8-4-6-10-16(14)21-17-11-7-5-9-15(17)18;3-2(4,5)1(6)7/h4-11,13H,12H2,1-3H3;(H,6,7). The summed E-state index contributed by atoms with van der Waals surface area (Å²) in [6, 6.07) is 16.8. The molecular formula is C19H21F3N2O3S. The van der Waals surface area contributed by atoms with Crippen molar-refractivity contribution in [1.29, 1.82) is 0 Å². The molecule has 152 valence electrons. The van der Waals surface area contributed by atoms with E-state index in [0.29, 0.717) is 6.54 Å². The fourth-order valence-electron chi connectivity index (χ4n) is 2.44. The van der Waals surface area contributed by atoms with E-state index in [0.717, 1.165) is 0 Å². The molecule has 1 unspecified atom stereocenters. The number of carboxylic acids is 1. The molecule has 1 aliphatic heterocycles. The molecule has 3 rings (SSSR count). The van der Waals surface area contributed by atoms with Gasteiger partial charge in [0, 0.05) is 9.79 Å². The Morgan fingerprint density at radius 1 is 1.11 bits per heavy atom. The van der Waals surface area contributed by atoms with E-state index in [4.69, 9.17) is 9.90 Å². The molecule has 1 heterocycles. The molecule has 28 heavy (non-hydrogen) atoms. The number of hydrogen-bond donors (Lipinski definition) is 1. The number of halogens is 3. The van der Waals surface area contributed by atoms with Gasteiger partial charge < -0.3 is 19.9 Å². The topological polar surface area (TPSA) is 63.6 Å². The maximum absolute atomic E-state index is 12.2. The van der Waals surface area contributed by atoms with Crippen molar-refractivity contribution < 1.29 is 27.7 Å². The molecule has 2 aromatic rings. The van der Waals surface area contributed by atoms with Crippen LogP contribution in [0.15, 0.2) is 58.3 Å². The number of hydroxylamine groups is 3. The van der Waals surface area contributed by atoms with Gasteiger partial charge >= 0.3 is 12.1 Å². The van der Waals surface area contributed by atoms with Gasteiger partial charge in [-0.1, -0.05) is 36.0 Å². The van der Waals surface area contributed by atoms with Crippen LogP contribution in [-0.4, -0.2) is 48.6 Å². The zero-order valence-corrected chi connectivity index (χ0v) is 16.4. The van der Waals surface area contributed by atoms with Gasteiger partial charge in [-0.3, -0.25) is 0 Å². The van der Waals surface area contributed by atoms with Gasteiger partial charge in [0.15, 0.2) is 0 Å². The van der Waals surface area contributed by atoms with Crippen LogP contribution in [0.4, 0.5) is 24.5 Å². The minimum Gasteiger partial charge on any atom is -0.633 e. The zero-order chi connectivity index (χ0) is 21.1. The summed E-state index contributed by atoms with van der Waals surface area (Å²) >= 11 is 1.80. The van der Waals surface area contributed by atoms with Crippen LogP contribution in [0.5, 0.6) is 0 Å². The lowest BCUT2D eigenvalue weighted by Crippen LogP contribution is -2.47. The normalized spacial score (nSPS) is 14.3.